The highest BCUT2D eigenvalue weighted by Gasteiger charge is 2.24. The summed E-state index contributed by atoms with van der Waals surface area (Å²) in [7, 11) is 2.16. The van der Waals surface area contributed by atoms with Gasteiger partial charge in [-0.3, -0.25) is 9.69 Å². The molecular weight excluding hydrogens is 334 g/mol. The van der Waals surface area contributed by atoms with Gasteiger partial charge in [0.1, 0.15) is 0 Å². The summed E-state index contributed by atoms with van der Waals surface area (Å²) < 4.78 is 0. The van der Waals surface area contributed by atoms with Crippen LogP contribution in [0.15, 0.2) is 66.7 Å². The lowest BCUT2D eigenvalue weighted by atomic mass is 10.0. The fraction of sp³-hybridized carbons (Fsp3) is 0.348. The molecular formula is C23H29N3O. The van der Waals surface area contributed by atoms with Gasteiger partial charge in [0.05, 0.1) is 6.04 Å². The normalized spacial score (nSPS) is 17.5. The first-order chi connectivity index (χ1) is 13.1. The number of allylic oxidation sites excluding steroid dienone is 1. The van der Waals surface area contributed by atoms with Gasteiger partial charge in [0, 0.05) is 38.8 Å². The summed E-state index contributed by atoms with van der Waals surface area (Å²) in [5.74, 6) is -0.0357. The van der Waals surface area contributed by atoms with Gasteiger partial charge >= 0.3 is 0 Å². The first kappa shape index (κ1) is 19.3. The van der Waals surface area contributed by atoms with Crippen LogP contribution in [0.25, 0.3) is 5.57 Å². The maximum atomic E-state index is 12.5. The quantitative estimate of drug-likeness (QED) is 0.801. The molecule has 0 saturated carbocycles. The number of hydrogen-bond donors (Lipinski definition) is 1. The monoisotopic (exact) mass is 363 g/mol. The summed E-state index contributed by atoms with van der Waals surface area (Å²) in [6.07, 6.45) is 1.70. The molecule has 1 N–H and O–H groups in total. The Balaban J connectivity index is 1.66. The predicted molar refractivity (Wildman–Crippen MR) is 111 cm³/mol. The standard InChI is InChI=1S/C23H29N3O/c1-19(20-9-5-3-6-10-20)17-23(27)24-18-22(21-11-7-4-8-12-21)26-15-13-25(2)14-16-26/h3-12,17,22H,13-16,18H2,1-2H3,(H,24,27)/b19-17+. The Morgan fingerprint density at radius 1 is 1.00 bits per heavy atom. The minimum Gasteiger partial charge on any atom is -0.351 e. The number of carbonyl (C=O) groups excluding carboxylic acids is 1. The highest BCUT2D eigenvalue weighted by molar-refractivity contribution is 5.94. The molecule has 1 saturated heterocycles. The molecule has 3 rings (SSSR count). The van der Waals surface area contributed by atoms with Crippen molar-refractivity contribution in [2.24, 2.45) is 0 Å². The minimum absolute atomic E-state index is 0.0357. The van der Waals surface area contributed by atoms with E-state index >= 15 is 0 Å². The molecule has 1 heterocycles. The third-order valence-corrected chi connectivity index (χ3v) is 5.21. The molecule has 1 aliphatic heterocycles. The average molecular weight is 364 g/mol. The lowest BCUT2D eigenvalue weighted by Crippen LogP contribution is -2.48. The lowest BCUT2D eigenvalue weighted by Gasteiger charge is -2.38. The summed E-state index contributed by atoms with van der Waals surface area (Å²) in [6.45, 7) is 6.75. The van der Waals surface area contributed by atoms with Crippen LogP contribution in [0.3, 0.4) is 0 Å². The molecule has 1 unspecified atom stereocenters. The van der Waals surface area contributed by atoms with Crippen LogP contribution in [0.2, 0.25) is 0 Å². The maximum absolute atomic E-state index is 12.5. The van der Waals surface area contributed by atoms with Crippen LogP contribution in [-0.4, -0.2) is 55.5 Å². The van der Waals surface area contributed by atoms with Gasteiger partial charge in [-0.05, 0) is 30.7 Å². The van der Waals surface area contributed by atoms with Crippen LogP contribution in [0.1, 0.15) is 24.1 Å². The molecule has 0 bridgehead atoms. The average Bonchev–Trinajstić information content (AvgIpc) is 2.71. The highest BCUT2D eigenvalue weighted by Crippen LogP contribution is 2.21. The Kier molecular flexibility index (Phi) is 6.80. The van der Waals surface area contributed by atoms with Crippen LogP contribution in [0.5, 0.6) is 0 Å². The van der Waals surface area contributed by atoms with Crippen molar-refractivity contribution in [3.05, 3.63) is 77.9 Å². The molecule has 0 aliphatic carbocycles. The molecule has 1 aliphatic rings. The Morgan fingerprint density at radius 3 is 2.22 bits per heavy atom. The fourth-order valence-corrected chi connectivity index (χ4v) is 3.50. The van der Waals surface area contributed by atoms with Crippen molar-refractivity contribution in [1.29, 1.82) is 0 Å². The summed E-state index contributed by atoms with van der Waals surface area (Å²) in [6, 6.07) is 20.7. The van der Waals surface area contributed by atoms with Crippen molar-refractivity contribution in [1.82, 2.24) is 15.1 Å². The second-order valence-electron chi connectivity index (χ2n) is 7.20. The van der Waals surface area contributed by atoms with Crippen LogP contribution < -0.4 is 5.32 Å². The zero-order valence-corrected chi connectivity index (χ0v) is 16.3. The van der Waals surface area contributed by atoms with E-state index in [0.717, 1.165) is 37.3 Å². The largest absolute Gasteiger partial charge is 0.351 e. The van der Waals surface area contributed by atoms with Crippen molar-refractivity contribution in [2.45, 2.75) is 13.0 Å². The van der Waals surface area contributed by atoms with E-state index in [1.54, 1.807) is 6.08 Å². The summed E-state index contributed by atoms with van der Waals surface area (Å²) in [5, 5.41) is 3.12. The Labute approximate surface area is 162 Å². The summed E-state index contributed by atoms with van der Waals surface area (Å²) in [5.41, 5.74) is 3.31. The van der Waals surface area contributed by atoms with Crippen molar-refractivity contribution >= 4 is 11.5 Å². The number of hydrogen-bond acceptors (Lipinski definition) is 3. The van der Waals surface area contributed by atoms with E-state index in [4.69, 9.17) is 0 Å². The van der Waals surface area contributed by atoms with Gasteiger partial charge in [0.25, 0.3) is 0 Å². The Morgan fingerprint density at radius 2 is 1.59 bits per heavy atom. The second-order valence-corrected chi connectivity index (χ2v) is 7.20. The van der Waals surface area contributed by atoms with E-state index in [9.17, 15) is 4.79 Å². The first-order valence-corrected chi connectivity index (χ1v) is 9.62. The third kappa shape index (κ3) is 5.52. The molecule has 2 aromatic rings. The second kappa shape index (κ2) is 9.49. The number of piperazine rings is 1. The molecule has 4 nitrogen and oxygen atoms in total. The van der Waals surface area contributed by atoms with Crippen molar-refractivity contribution in [3.8, 4) is 0 Å². The zero-order valence-electron chi connectivity index (χ0n) is 16.3. The molecule has 0 radical (unpaired) electrons. The number of amides is 1. The lowest BCUT2D eigenvalue weighted by molar-refractivity contribution is -0.116. The molecule has 2 aromatic carbocycles. The number of likely N-dealkylation sites (N-methyl/N-ethyl adjacent to an activating group) is 1. The van der Waals surface area contributed by atoms with E-state index < -0.39 is 0 Å². The molecule has 27 heavy (non-hydrogen) atoms. The van der Waals surface area contributed by atoms with E-state index in [2.05, 4.69) is 46.4 Å². The van der Waals surface area contributed by atoms with Gasteiger partial charge in [0.15, 0.2) is 0 Å². The first-order valence-electron chi connectivity index (χ1n) is 9.62. The summed E-state index contributed by atoms with van der Waals surface area (Å²) in [4.78, 5) is 17.3. The van der Waals surface area contributed by atoms with E-state index in [-0.39, 0.29) is 11.9 Å². The van der Waals surface area contributed by atoms with Gasteiger partial charge < -0.3 is 10.2 Å². The van der Waals surface area contributed by atoms with Crippen LogP contribution >= 0.6 is 0 Å². The van der Waals surface area contributed by atoms with Crippen LogP contribution in [0.4, 0.5) is 0 Å². The fourth-order valence-electron chi connectivity index (χ4n) is 3.50. The number of carbonyl (C=O) groups is 1. The summed E-state index contributed by atoms with van der Waals surface area (Å²) >= 11 is 0. The molecule has 1 atom stereocenters. The topological polar surface area (TPSA) is 35.6 Å². The van der Waals surface area contributed by atoms with Crippen LogP contribution in [0, 0.1) is 0 Å². The van der Waals surface area contributed by atoms with Gasteiger partial charge in [0.2, 0.25) is 5.91 Å². The number of rotatable bonds is 6. The Hall–Kier alpha value is -2.43. The number of nitrogens with one attached hydrogen (secondary N) is 1. The Bertz CT molecular complexity index is 750. The van der Waals surface area contributed by atoms with E-state index in [0.29, 0.717) is 6.54 Å². The smallest absolute Gasteiger partial charge is 0.244 e. The van der Waals surface area contributed by atoms with Gasteiger partial charge in [-0.15, -0.1) is 0 Å². The van der Waals surface area contributed by atoms with Crippen molar-refractivity contribution in [2.75, 3.05) is 39.8 Å². The maximum Gasteiger partial charge on any atom is 0.244 e. The van der Waals surface area contributed by atoms with Gasteiger partial charge in [-0.25, -0.2) is 0 Å². The predicted octanol–water partition coefficient (Wildman–Crippen LogP) is 3.19. The number of nitrogens with zero attached hydrogens (tertiary/aromatic N) is 2. The SMILES string of the molecule is C/C(=C\C(=O)NCC(c1ccccc1)N1CCN(C)CC1)c1ccccc1. The molecule has 0 spiro atoms. The molecule has 142 valence electrons. The minimum atomic E-state index is -0.0357. The molecule has 4 heteroatoms. The van der Waals surface area contributed by atoms with Crippen molar-refractivity contribution in [3.63, 3.8) is 0 Å². The number of benzene rings is 2. The van der Waals surface area contributed by atoms with E-state index in [1.165, 1.54) is 5.56 Å². The van der Waals surface area contributed by atoms with E-state index in [1.807, 2.05) is 43.3 Å². The molecule has 0 aromatic heterocycles. The van der Waals surface area contributed by atoms with Crippen molar-refractivity contribution < 1.29 is 4.79 Å². The van der Waals surface area contributed by atoms with Gasteiger partial charge in [-0.1, -0.05) is 60.7 Å². The van der Waals surface area contributed by atoms with Gasteiger partial charge in [-0.2, -0.15) is 0 Å². The zero-order chi connectivity index (χ0) is 19.1. The highest BCUT2D eigenvalue weighted by atomic mass is 16.1. The third-order valence-electron chi connectivity index (χ3n) is 5.21. The molecule has 1 fully saturated rings. The molecule has 1 amide bonds. The van der Waals surface area contributed by atoms with Crippen LogP contribution in [-0.2, 0) is 4.79 Å².